The minimum atomic E-state index is -0.942. The third kappa shape index (κ3) is 3.17. The van der Waals surface area contributed by atoms with Crippen molar-refractivity contribution in [3.05, 3.63) is 29.3 Å². The summed E-state index contributed by atoms with van der Waals surface area (Å²) in [5.41, 5.74) is 1.99. The molecule has 0 aliphatic carbocycles. The third-order valence-corrected chi connectivity index (χ3v) is 3.33. The minimum Gasteiger partial charge on any atom is -0.478 e. The summed E-state index contributed by atoms with van der Waals surface area (Å²) in [6, 6.07) is 4.92. The van der Waals surface area contributed by atoms with Gasteiger partial charge in [-0.3, -0.25) is 4.79 Å². The molecule has 1 amide bonds. The third-order valence-electron chi connectivity index (χ3n) is 3.33. The van der Waals surface area contributed by atoms with Gasteiger partial charge in [-0.15, -0.1) is 0 Å². The van der Waals surface area contributed by atoms with Crippen LogP contribution < -0.4 is 4.90 Å². The number of anilines is 1. The van der Waals surface area contributed by atoms with Crippen LogP contribution >= 0.6 is 0 Å². The molecule has 1 aliphatic heterocycles. The predicted molar refractivity (Wildman–Crippen MR) is 75.2 cm³/mol. The number of carbonyl (C=O) groups excluding carboxylic acids is 1. The number of carboxylic acids is 1. The molecule has 108 valence electrons. The Kier molecular flexibility index (Phi) is 4.74. The molecular weight excluding hydrogens is 258 g/mol. The normalized spacial score (nSPS) is 14.2. The second-order valence-corrected chi connectivity index (χ2v) is 4.81. The molecule has 0 spiro atoms. The highest BCUT2D eigenvalue weighted by molar-refractivity contribution is 5.97. The number of amides is 1. The highest BCUT2D eigenvalue weighted by Crippen LogP contribution is 2.28. The highest BCUT2D eigenvalue weighted by atomic mass is 16.5. The van der Waals surface area contributed by atoms with Crippen LogP contribution in [0.3, 0.4) is 0 Å². The smallest absolute Gasteiger partial charge is 0.335 e. The van der Waals surface area contributed by atoms with Crippen molar-refractivity contribution in [1.82, 2.24) is 0 Å². The SMILES string of the molecule is CCCOCCN1C(=O)CCc2cc(C(=O)O)ccc21. The molecule has 5 heteroatoms. The summed E-state index contributed by atoms with van der Waals surface area (Å²) in [5, 5.41) is 9.00. The van der Waals surface area contributed by atoms with Crippen LogP contribution in [-0.4, -0.2) is 36.7 Å². The number of nitrogens with zero attached hydrogens (tertiary/aromatic N) is 1. The Morgan fingerprint density at radius 1 is 1.35 bits per heavy atom. The number of benzene rings is 1. The molecule has 0 aromatic heterocycles. The van der Waals surface area contributed by atoms with E-state index < -0.39 is 5.97 Å². The molecule has 0 fully saturated rings. The number of carbonyl (C=O) groups is 2. The zero-order valence-electron chi connectivity index (χ0n) is 11.6. The molecule has 1 aromatic carbocycles. The van der Waals surface area contributed by atoms with Crippen molar-refractivity contribution in [2.24, 2.45) is 0 Å². The van der Waals surface area contributed by atoms with E-state index in [2.05, 4.69) is 0 Å². The fourth-order valence-corrected chi connectivity index (χ4v) is 2.34. The van der Waals surface area contributed by atoms with Crippen LogP contribution in [0.1, 0.15) is 35.7 Å². The van der Waals surface area contributed by atoms with Crippen molar-refractivity contribution in [1.29, 1.82) is 0 Å². The summed E-state index contributed by atoms with van der Waals surface area (Å²) >= 11 is 0. The maximum atomic E-state index is 12.0. The van der Waals surface area contributed by atoms with Crippen molar-refractivity contribution in [2.45, 2.75) is 26.2 Å². The molecular formula is C15H19NO4. The first-order chi connectivity index (χ1) is 9.63. The average molecular weight is 277 g/mol. The van der Waals surface area contributed by atoms with E-state index in [1.165, 1.54) is 0 Å². The van der Waals surface area contributed by atoms with Gasteiger partial charge in [0, 0.05) is 25.3 Å². The predicted octanol–water partition coefficient (Wildman–Crippen LogP) is 2.09. The molecule has 2 rings (SSSR count). The lowest BCUT2D eigenvalue weighted by Gasteiger charge is -2.29. The summed E-state index contributed by atoms with van der Waals surface area (Å²) in [5.74, 6) is -0.872. The van der Waals surface area contributed by atoms with Gasteiger partial charge in [0.25, 0.3) is 0 Å². The fraction of sp³-hybridized carbons (Fsp3) is 0.467. The maximum absolute atomic E-state index is 12.0. The Morgan fingerprint density at radius 3 is 2.85 bits per heavy atom. The van der Waals surface area contributed by atoms with Crippen LogP contribution in [0.25, 0.3) is 0 Å². The van der Waals surface area contributed by atoms with Gasteiger partial charge >= 0.3 is 5.97 Å². The Bertz CT molecular complexity index is 513. The molecule has 1 N–H and O–H groups in total. The van der Waals surface area contributed by atoms with E-state index in [1.54, 1.807) is 23.1 Å². The van der Waals surface area contributed by atoms with E-state index in [9.17, 15) is 9.59 Å². The number of rotatable bonds is 6. The molecule has 5 nitrogen and oxygen atoms in total. The van der Waals surface area contributed by atoms with Crippen molar-refractivity contribution < 1.29 is 19.4 Å². The van der Waals surface area contributed by atoms with Crippen molar-refractivity contribution in [2.75, 3.05) is 24.7 Å². The van der Waals surface area contributed by atoms with Gasteiger partial charge in [-0.2, -0.15) is 0 Å². The Labute approximate surface area is 118 Å². The van der Waals surface area contributed by atoms with E-state index in [4.69, 9.17) is 9.84 Å². The van der Waals surface area contributed by atoms with Gasteiger partial charge in [0.2, 0.25) is 5.91 Å². The van der Waals surface area contributed by atoms with Crippen LogP contribution in [-0.2, 0) is 16.0 Å². The molecule has 0 radical (unpaired) electrons. The average Bonchev–Trinajstić information content (AvgIpc) is 2.44. The number of aromatic carboxylic acids is 1. The summed E-state index contributed by atoms with van der Waals surface area (Å²) in [4.78, 5) is 24.7. The molecule has 0 bridgehead atoms. The second-order valence-electron chi connectivity index (χ2n) is 4.81. The molecule has 0 atom stereocenters. The molecule has 1 heterocycles. The number of carboxylic acid groups (broad SMARTS) is 1. The fourth-order valence-electron chi connectivity index (χ4n) is 2.34. The molecule has 0 saturated carbocycles. The summed E-state index contributed by atoms with van der Waals surface area (Å²) in [6.45, 7) is 3.74. The van der Waals surface area contributed by atoms with Crippen molar-refractivity contribution in [3.8, 4) is 0 Å². The molecule has 0 unspecified atom stereocenters. The van der Waals surface area contributed by atoms with E-state index >= 15 is 0 Å². The lowest BCUT2D eigenvalue weighted by molar-refractivity contribution is -0.119. The van der Waals surface area contributed by atoms with Crippen LogP contribution in [0.4, 0.5) is 5.69 Å². The van der Waals surface area contributed by atoms with Crippen molar-refractivity contribution >= 4 is 17.6 Å². The standard InChI is InChI=1S/C15H19NO4/c1-2-8-20-9-7-16-13-5-3-12(15(18)19)10-11(13)4-6-14(16)17/h3,5,10H,2,4,6-9H2,1H3,(H,18,19). The monoisotopic (exact) mass is 277 g/mol. The van der Waals surface area contributed by atoms with Gasteiger partial charge in [-0.1, -0.05) is 6.92 Å². The highest BCUT2D eigenvalue weighted by Gasteiger charge is 2.24. The second kappa shape index (κ2) is 6.52. The van der Waals surface area contributed by atoms with Gasteiger partial charge < -0.3 is 14.7 Å². The van der Waals surface area contributed by atoms with Crippen LogP contribution in [0.2, 0.25) is 0 Å². The number of fused-ring (bicyclic) bond motifs is 1. The van der Waals surface area contributed by atoms with E-state index in [1.807, 2.05) is 6.92 Å². The van der Waals surface area contributed by atoms with Gasteiger partial charge in [0.1, 0.15) is 0 Å². The topological polar surface area (TPSA) is 66.8 Å². The lowest BCUT2D eigenvalue weighted by Crippen LogP contribution is -2.37. The first-order valence-corrected chi connectivity index (χ1v) is 6.87. The number of hydrogen-bond acceptors (Lipinski definition) is 3. The zero-order valence-corrected chi connectivity index (χ0v) is 11.6. The Morgan fingerprint density at radius 2 is 2.15 bits per heavy atom. The largest absolute Gasteiger partial charge is 0.478 e. The van der Waals surface area contributed by atoms with Gasteiger partial charge in [0.15, 0.2) is 0 Å². The van der Waals surface area contributed by atoms with Gasteiger partial charge in [0.05, 0.1) is 12.2 Å². The summed E-state index contributed by atoms with van der Waals surface area (Å²) in [7, 11) is 0. The minimum absolute atomic E-state index is 0.0701. The number of ether oxygens (including phenoxy) is 1. The lowest BCUT2D eigenvalue weighted by atomic mass is 9.99. The molecule has 20 heavy (non-hydrogen) atoms. The Balaban J connectivity index is 2.14. The van der Waals surface area contributed by atoms with Gasteiger partial charge in [-0.05, 0) is 36.6 Å². The van der Waals surface area contributed by atoms with Gasteiger partial charge in [-0.25, -0.2) is 4.79 Å². The van der Waals surface area contributed by atoms with Crippen LogP contribution in [0.5, 0.6) is 0 Å². The van der Waals surface area contributed by atoms with Crippen molar-refractivity contribution in [3.63, 3.8) is 0 Å². The molecule has 0 saturated heterocycles. The summed E-state index contributed by atoms with van der Waals surface area (Å²) < 4.78 is 5.42. The first-order valence-electron chi connectivity index (χ1n) is 6.87. The van der Waals surface area contributed by atoms with Crippen LogP contribution in [0, 0.1) is 0 Å². The zero-order chi connectivity index (χ0) is 14.5. The maximum Gasteiger partial charge on any atom is 0.335 e. The number of hydrogen-bond donors (Lipinski definition) is 1. The first kappa shape index (κ1) is 14.5. The quantitative estimate of drug-likeness (QED) is 0.808. The molecule has 1 aliphatic rings. The van der Waals surface area contributed by atoms with E-state index in [-0.39, 0.29) is 11.5 Å². The number of aryl methyl sites for hydroxylation is 1. The molecule has 1 aromatic rings. The summed E-state index contributed by atoms with van der Waals surface area (Å²) in [6.07, 6.45) is 1.97. The Hall–Kier alpha value is -1.88. The van der Waals surface area contributed by atoms with Crippen LogP contribution in [0.15, 0.2) is 18.2 Å². The van der Waals surface area contributed by atoms with E-state index in [0.717, 1.165) is 17.7 Å². The van der Waals surface area contributed by atoms with E-state index in [0.29, 0.717) is 32.6 Å².